The molecule has 1 aromatic carbocycles. The number of aryl methyl sites for hydroxylation is 2. The summed E-state index contributed by atoms with van der Waals surface area (Å²) < 4.78 is 1.90. The maximum absolute atomic E-state index is 11.1. The fraction of sp³-hybridized carbons (Fsp3) is 0.286. The number of hydrogen-bond donors (Lipinski definition) is 1. The van der Waals surface area contributed by atoms with Crippen LogP contribution in [-0.2, 0) is 6.54 Å². The Labute approximate surface area is 106 Å². The zero-order valence-corrected chi connectivity index (χ0v) is 10.6. The van der Waals surface area contributed by atoms with E-state index in [2.05, 4.69) is 12.0 Å². The highest BCUT2D eigenvalue weighted by atomic mass is 16.4. The molecule has 0 unspecified atom stereocenters. The molecule has 0 aliphatic carbocycles. The minimum absolute atomic E-state index is 0.344. The number of benzene rings is 1. The molecule has 0 aliphatic heterocycles. The normalized spacial score (nSPS) is 10.6. The van der Waals surface area contributed by atoms with Gasteiger partial charge in [0.05, 0.1) is 11.3 Å². The van der Waals surface area contributed by atoms with Gasteiger partial charge < -0.3 is 5.11 Å². The molecule has 4 heteroatoms. The highest BCUT2D eigenvalue weighted by molar-refractivity contribution is 5.91. The van der Waals surface area contributed by atoms with Crippen molar-refractivity contribution < 1.29 is 9.90 Å². The summed E-state index contributed by atoms with van der Waals surface area (Å²) >= 11 is 0. The van der Waals surface area contributed by atoms with Crippen LogP contribution >= 0.6 is 0 Å². The summed E-state index contributed by atoms with van der Waals surface area (Å²) in [6.45, 7) is 4.72. The molecule has 1 aromatic heterocycles. The Hall–Kier alpha value is -2.10. The summed E-state index contributed by atoms with van der Waals surface area (Å²) in [6.07, 6.45) is 2.73. The van der Waals surface area contributed by atoms with Crippen LogP contribution in [0, 0.1) is 6.92 Å². The third kappa shape index (κ3) is 2.27. The van der Waals surface area contributed by atoms with Crippen molar-refractivity contribution in [1.82, 2.24) is 9.78 Å². The average Bonchev–Trinajstić information content (AvgIpc) is 2.78. The summed E-state index contributed by atoms with van der Waals surface area (Å²) in [5.41, 5.74) is 2.97. The van der Waals surface area contributed by atoms with E-state index in [0.29, 0.717) is 5.56 Å². The van der Waals surface area contributed by atoms with Crippen LogP contribution < -0.4 is 0 Å². The Morgan fingerprint density at radius 2 is 2.17 bits per heavy atom. The maximum atomic E-state index is 11.1. The molecule has 0 spiro atoms. The number of aromatic carboxylic acids is 1. The molecule has 0 radical (unpaired) electrons. The van der Waals surface area contributed by atoms with Crippen molar-refractivity contribution in [2.75, 3.05) is 0 Å². The first-order valence-electron chi connectivity index (χ1n) is 5.99. The Balaban J connectivity index is 2.47. The van der Waals surface area contributed by atoms with Crippen LogP contribution in [0.4, 0.5) is 0 Å². The number of carbonyl (C=O) groups is 1. The Morgan fingerprint density at radius 3 is 2.83 bits per heavy atom. The molecule has 0 amide bonds. The van der Waals surface area contributed by atoms with Gasteiger partial charge in [0.15, 0.2) is 0 Å². The van der Waals surface area contributed by atoms with Crippen molar-refractivity contribution in [2.24, 2.45) is 0 Å². The number of carboxylic acid groups (broad SMARTS) is 1. The lowest BCUT2D eigenvalue weighted by Crippen LogP contribution is -2.03. The van der Waals surface area contributed by atoms with Gasteiger partial charge in [-0.15, -0.1) is 0 Å². The zero-order chi connectivity index (χ0) is 13.1. The monoisotopic (exact) mass is 244 g/mol. The topological polar surface area (TPSA) is 55.1 Å². The Kier molecular flexibility index (Phi) is 3.46. The fourth-order valence-electron chi connectivity index (χ4n) is 1.98. The van der Waals surface area contributed by atoms with E-state index in [1.54, 1.807) is 19.2 Å². The van der Waals surface area contributed by atoms with E-state index in [0.717, 1.165) is 29.8 Å². The second-order valence-electron chi connectivity index (χ2n) is 4.27. The van der Waals surface area contributed by atoms with Crippen LogP contribution in [0.3, 0.4) is 0 Å². The van der Waals surface area contributed by atoms with Gasteiger partial charge in [0.25, 0.3) is 0 Å². The Morgan fingerprint density at radius 1 is 1.39 bits per heavy atom. The number of nitrogens with zero attached hydrogens (tertiary/aromatic N) is 2. The molecule has 0 bridgehead atoms. The second kappa shape index (κ2) is 5.04. The van der Waals surface area contributed by atoms with E-state index in [1.807, 2.05) is 22.9 Å². The quantitative estimate of drug-likeness (QED) is 0.899. The molecule has 0 aliphatic rings. The number of carboxylic acids is 1. The molecule has 1 heterocycles. The van der Waals surface area contributed by atoms with Crippen LogP contribution in [0.1, 0.15) is 29.3 Å². The fourth-order valence-corrected chi connectivity index (χ4v) is 1.98. The Bertz CT molecular complexity index is 573. The molecule has 18 heavy (non-hydrogen) atoms. The first kappa shape index (κ1) is 12.4. The van der Waals surface area contributed by atoms with Gasteiger partial charge in [-0.25, -0.2) is 4.79 Å². The second-order valence-corrected chi connectivity index (χ2v) is 4.27. The van der Waals surface area contributed by atoms with Crippen molar-refractivity contribution in [3.8, 4) is 11.3 Å². The summed E-state index contributed by atoms with van der Waals surface area (Å²) in [5, 5.41) is 13.4. The molecule has 2 aromatic rings. The van der Waals surface area contributed by atoms with Gasteiger partial charge in [-0.3, -0.25) is 4.68 Å². The van der Waals surface area contributed by atoms with Gasteiger partial charge >= 0.3 is 5.97 Å². The average molecular weight is 244 g/mol. The van der Waals surface area contributed by atoms with Gasteiger partial charge in [-0.05, 0) is 31.0 Å². The number of aromatic nitrogens is 2. The molecule has 4 nitrogen and oxygen atoms in total. The van der Waals surface area contributed by atoms with Gasteiger partial charge in [0, 0.05) is 18.3 Å². The number of rotatable bonds is 4. The van der Waals surface area contributed by atoms with Crippen molar-refractivity contribution in [2.45, 2.75) is 26.8 Å². The third-order valence-corrected chi connectivity index (χ3v) is 2.92. The van der Waals surface area contributed by atoms with E-state index in [9.17, 15) is 4.79 Å². The summed E-state index contributed by atoms with van der Waals surface area (Å²) in [6, 6.07) is 7.39. The van der Waals surface area contributed by atoms with Crippen molar-refractivity contribution in [3.63, 3.8) is 0 Å². The van der Waals surface area contributed by atoms with Crippen LogP contribution in [0.25, 0.3) is 11.3 Å². The minimum Gasteiger partial charge on any atom is -0.478 e. The van der Waals surface area contributed by atoms with Gasteiger partial charge in [0.1, 0.15) is 0 Å². The van der Waals surface area contributed by atoms with Crippen LogP contribution in [-0.4, -0.2) is 20.9 Å². The lowest BCUT2D eigenvalue weighted by Gasteiger charge is -2.08. The van der Waals surface area contributed by atoms with E-state index in [1.165, 1.54) is 0 Å². The molecule has 0 fully saturated rings. The maximum Gasteiger partial charge on any atom is 0.335 e. The molecule has 94 valence electrons. The largest absolute Gasteiger partial charge is 0.478 e. The standard InChI is InChI=1S/C14H16N2O2/c1-3-8-16-13(6-7-15-16)11-5-4-10(2)12(9-11)14(17)18/h4-7,9H,3,8H2,1-2H3,(H,17,18). The van der Waals surface area contributed by atoms with E-state index in [4.69, 9.17) is 5.11 Å². The lowest BCUT2D eigenvalue weighted by molar-refractivity contribution is 0.0696. The third-order valence-electron chi connectivity index (χ3n) is 2.92. The van der Waals surface area contributed by atoms with Crippen molar-refractivity contribution in [1.29, 1.82) is 0 Å². The summed E-state index contributed by atoms with van der Waals surface area (Å²) in [5.74, 6) is -0.893. The van der Waals surface area contributed by atoms with Gasteiger partial charge in [0.2, 0.25) is 0 Å². The van der Waals surface area contributed by atoms with Crippen LogP contribution in [0.15, 0.2) is 30.5 Å². The molecular weight excluding hydrogens is 228 g/mol. The van der Waals surface area contributed by atoms with Crippen LogP contribution in [0.5, 0.6) is 0 Å². The van der Waals surface area contributed by atoms with Crippen molar-refractivity contribution in [3.05, 3.63) is 41.6 Å². The van der Waals surface area contributed by atoms with Gasteiger partial charge in [-0.2, -0.15) is 5.10 Å². The molecule has 0 saturated carbocycles. The predicted molar refractivity (Wildman–Crippen MR) is 69.7 cm³/mol. The minimum atomic E-state index is -0.893. The first-order chi connectivity index (χ1) is 8.63. The molecule has 2 rings (SSSR count). The number of hydrogen-bond acceptors (Lipinski definition) is 2. The summed E-state index contributed by atoms with van der Waals surface area (Å²) in [7, 11) is 0. The smallest absolute Gasteiger partial charge is 0.335 e. The van der Waals surface area contributed by atoms with E-state index >= 15 is 0 Å². The molecule has 1 N–H and O–H groups in total. The predicted octanol–water partition coefficient (Wildman–Crippen LogP) is 2.97. The lowest BCUT2D eigenvalue weighted by atomic mass is 10.0. The van der Waals surface area contributed by atoms with E-state index < -0.39 is 5.97 Å². The summed E-state index contributed by atoms with van der Waals surface area (Å²) in [4.78, 5) is 11.1. The van der Waals surface area contributed by atoms with Gasteiger partial charge in [-0.1, -0.05) is 19.1 Å². The van der Waals surface area contributed by atoms with E-state index in [-0.39, 0.29) is 0 Å². The SMILES string of the molecule is CCCn1nccc1-c1ccc(C)c(C(=O)O)c1. The highest BCUT2D eigenvalue weighted by Crippen LogP contribution is 2.22. The highest BCUT2D eigenvalue weighted by Gasteiger charge is 2.11. The van der Waals surface area contributed by atoms with Crippen molar-refractivity contribution >= 4 is 5.97 Å². The zero-order valence-electron chi connectivity index (χ0n) is 10.6. The molecular formula is C14H16N2O2. The van der Waals surface area contributed by atoms with Crippen LogP contribution in [0.2, 0.25) is 0 Å². The first-order valence-corrected chi connectivity index (χ1v) is 5.99. The molecule has 0 saturated heterocycles. The molecule has 0 atom stereocenters.